The molecule has 33 heteroatoms. The first-order valence-electron chi connectivity index (χ1n) is 30.9. The molecule has 0 aliphatic heterocycles. The molecule has 7 rings (SSSR count). The number of nitrogens with two attached hydrogens (primary N) is 2. The highest BCUT2D eigenvalue weighted by molar-refractivity contribution is 7.86. The minimum Gasteiger partial charge on any atom is -0.397 e. The Kier molecular flexibility index (Phi) is 24.7. The second-order valence-electron chi connectivity index (χ2n) is 25.6. The molecule has 0 spiro atoms. The normalized spacial score (nSPS) is 13.4. The smallest absolute Gasteiger partial charge is 0.296 e. The van der Waals surface area contributed by atoms with Crippen LogP contribution in [0.1, 0.15) is 147 Å². The Balaban J connectivity index is 0.00000721. The molecule has 0 fully saturated rings. The number of nitrogens with zero attached hydrogens (tertiary/aromatic N) is 4. The zero-order valence-electron chi connectivity index (χ0n) is 54.9. The van der Waals surface area contributed by atoms with Crippen LogP contribution in [0, 0.1) is 22.2 Å². The molecule has 4 aromatic carbocycles. The van der Waals surface area contributed by atoms with Crippen LogP contribution in [0.15, 0.2) is 100 Å². The number of ether oxygens (including phenoxy) is 2. The van der Waals surface area contributed by atoms with Crippen LogP contribution in [0.25, 0.3) is 0 Å². The van der Waals surface area contributed by atoms with Gasteiger partial charge in [0.15, 0.2) is 17.3 Å². The van der Waals surface area contributed by atoms with Gasteiger partial charge in [-0.1, -0.05) is 84.4 Å². The number of nitrogen functional groups attached to an aromatic ring is 1. The summed E-state index contributed by atoms with van der Waals surface area (Å²) in [4.78, 5) is 125. The van der Waals surface area contributed by atoms with E-state index in [4.69, 9.17) is 20.9 Å². The average molecular weight is 1420 g/mol. The van der Waals surface area contributed by atoms with E-state index in [1.165, 1.54) is 61.8 Å². The summed E-state index contributed by atoms with van der Waals surface area (Å²) in [6, 6.07) is 14.0. The lowest BCUT2D eigenvalue weighted by molar-refractivity contribution is -0.141. The number of amides is 1. The standard InChI is InChI=1S/C65H79N11O19S3.3H2/c1-37(77)38(25-51(79)64(4,5)32-53(81)65(6,7)33-52(80)63(2,3)31-48(78)46(66)28-42-34-68-36-71-42)13-10-11-20-69-55(82)35-95-24-23-94-22-21-70-61-74-54(75-62(76-61)73-40-14-12-15-43(27-40)96(85,86)87)26-39-18-19-41(29-49(39)97(88,89)90)72-47-30-50(98(91,92)93)58(67)57-56(47)59(83)44-16-8-9-17-45(44)60(57)84;;;/h8-9,12,14-19,27,29-30,34,36,38,46,72H,10-11,13,20-26,28,31-33,35,66-67H2,1-7H3,(H,68,71)(H,69,82)(H,85,86,87)(H,88,89,90)(H,91,92,93)(H2,70,73,74,75,76);3*1H/t38-,46+;;;/m1.../s1. The number of imidazole rings is 1. The van der Waals surface area contributed by atoms with Crippen LogP contribution in [0.2, 0.25) is 0 Å². The number of hydrogen-bond donors (Lipinski definition) is 10. The molecule has 1 amide bonds. The van der Waals surface area contributed by atoms with Crippen LogP contribution >= 0.6 is 0 Å². The van der Waals surface area contributed by atoms with Crippen molar-refractivity contribution in [3.63, 3.8) is 0 Å². The van der Waals surface area contributed by atoms with Crippen LogP contribution in [-0.4, -0.2) is 156 Å². The zero-order chi connectivity index (χ0) is 72.3. The Morgan fingerprint density at radius 2 is 1.28 bits per heavy atom. The summed E-state index contributed by atoms with van der Waals surface area (Å²) in [5, 5.41) is 11.2. The summed E-state index contributed by atoms with van der Waals surface area (Å²) >= 11 is 0. The number of aromatic nitrogens is 5. The SMILES string of the molecule is CC(=O)[C@H](CCCCNC(=O)COCCOCCNc1nc(Cc2ccc(Nc3cc(S(=O)(=O)O)c(N)c4c3C(=O)c3ccccc3C4=O)cc2S(=O)(=O)O)nc(Nc2cccc(S(=O)(=O)O)c2)n1)CC(=O)C(C)(C)CC(=O)C(C)(C)CC(=O)C(C)(C)CC(=O)[C@@H](N)Cc1cnc[nH]1.[HH].[HH].[HH]. The molecule has 30 nitrogen and oxygen atoms in total. The van der Waals surface area contributed by atoms with E-state index in [-0.39, 0.29) is 162 Å². The lowest BCUT2D eigenvalue weighted by atomic mass is 9.69. The van der Waals surface area contributed by atoms with Crippen molar-refractivity contribution in [3.05, 3.63) is 125 Å². The predicted octanol–water partition coefficient (Wildman–Crippen LogP) is 6.93. The Hall–Kier alpha value is -8.93. The number of nitrogens with one attached hydrogen (secondary N) is 5. The molecule has 1 aliphatic rings. The van der Waals surface area contributed by atoms with Crippen molar-refractivity contribution in [3.8, 4) is 0 Å². The first-order chi connectivity index (χ1) is 45.7. The van der Waals surface area contributed by atoms with Gasteiger partial charge >= 0.3 is 0 Å². The molecular formula is C65H85N11O19S3. The van der Waals surface area contributed by atoms with E-state index in [1.807, 2.05) is 0 Å². The van der Waals surface area contributed by atoms with Crippen molar-refractivity contribution in [2.75, 3.05) is 61.2 Å². The number of Topliss-reactive ketones (excluding diaryl/α,β-unsaturated/α-hetero) is 5. The molecule has 98 heavy (non-hydrogen) atoms. The number of rotatable bonds is 38. The number of ketones is 7. The molecule has 2 atom stereocenters. The Morgan fingerprint density at radius 1 is 0.663 bits per heavy atom. The fourth-order valence-electron chi connectivity index (χ4n) is 10.7. The highest BCUT2D eigenvalue weighted by atomic mass is 32.2. The molecule has 12 N–H and O–H groups in total. The third-order valence-corrected chi connectivity index (χ3v) is 19.1. The quantitative estimate of drug-likeness (QED) is 0.0106. The minimum absolute atomic E-state index is 0. The molecule has 0 unspecified atom stereocenters. The van der Waals surface area contributed by atoms with Crippen LogP contribution in [-0.2, 0) is 81.4 Å². The Bertz CT molecular complexity index is 4430. The first-order valence-corrected chi connectivity index (χ1v) is 35.2. The minimum atomic E-state index is -5.13. The number of benzene rings is 4. The van der Waals surface area contributed by atoms with Gasteiger partial charge in [0.2, 0.25) is 17.8 Å². The topological polar surface area (TPSA) is 486 Å². The molecule has 0 bridgehead atoms. The lowest BCUT2D eigenvalue weighted by Gasteiger charge is -2.32. The van der Waals surface area contributed by atoms with Gasteiger partial charge in [-0.2, -0.15) is 40.2 Å². The van der Waals surface area contributed by atoms with Gasteiger partial charge < -0.3 is 47.2 Å². The fraction of sp³-hybridized carbons (Fsp3) is 0.415. The Morgan fingerprint density at radius 3 is 1.90 bits per heavy atom. The third-order valence-electron chi connectivity index (χ3n) is 16.5. The van der Waals surface area contributed by atoms with Gasteiger partial charge in [-0.3, -0.25) is 52.0 Å². The summed E-state index contributed by atoms with van der Waals surface area (Å²) in [5.41, 5.74) is 7.17. The van der Waals surface area contributed by atoms with Crippen molar-refractivity contribution in [2.45, 2.75) is 127 Å². The molecule has 2 aromatic heterocycles. The largest absolute Gasteiger partial charge is 0.397 e. The van der Waals surface area contributed by atoms with Crippen LogP contribution in [0.4, 0.5) is 34.6 Å². The van der Waals surface area contributed by atoms with E-state index in [2.05, 4.69) is 46.2 Å². The van der Waals surface area contributed by atoms with Crippen molar-refractivity contribution in [1.29, 1.82) is 0 Å². The van der Waals surface area contributed by atoms with Gasteiger partial charge in [0, 0.05) is 112 Å². The molecule has 0 radical (unpaired) electrons. The zero-order valence-corrected chi connectivity index (χ0v) is 57.3. The summed E-state index contributed by atoms with van der Waals surface area (Å²) in [6.45, 7) is 11.3. The number of aromatic amines is 1. The summed E-state index contributed by atoms with van der Waals surface area (Å²) < 4.78 is 117. The third kappa shape index (κ3) is 20.3. The van der Waals surface area contributed by atoms with E-state index < -0.39 is 108 Å². The van der Waals surface area contributed by atoms with Gasteiger partial charge in [0.25, 0.3) is 30.4 Å². The van der Waals surface area contributed by atoms with E-state index in [1.54, 1.807) is 47.7 Å². The van der Waals surface area contributed by atoms with E-state index in [0.29, 0.717) is 25.0 Å². The van der Waals surface area contributed by atoms with Gasteiger partial charge in [-0.25, -0.2) is 4.98 Å². The van der Waals surface area contributed by atoms with Gasteiger partial charge in [0.05, 0.1) is 64.5 Å². The van der Waals surface area contributed by atoms with Gasteiger partial charge in [-0.05, 0) is 61.7 Å². The number of anilines is 6. The number of fused-ring (bicyclic) bond motifs is 2. The molecule has 2 heterocycles. The molecule has 0 saturated heterocycles. The fourth-order valence-corrected chi connectivity index (χ4v) is 12.6. The van der Waals surface area contributed by atoms with Crippen molar-refractivity contribution < 1.29 is 91.0 Å². The number of carbonyl (C=O) groups excluding carboxylic acids is 8. The van der Waals surface area contributed by atoms with Crippen LogP contribution < -0.4 is 32.7 Å². The average Bonchev–Trinajstić information content (AvgIpc) is 0.758. The number of carbonyl (C=O) groups is 8. The number of H-pyrrole nitrogens is 1. The molecule has 1 aliphatic carbocycles. The summed E-state index contributed by atoms with van der Waals surface area (Å²) in [6.07, 6.45) is 3.61. The maximum atomic E-state index is 13.9. The predicted molar refractivity (Wildman–Crippen MR) is 363 cm³/mol. The lowest BCUT2D eigenvalue weighted by Crippen LogP contribution is -2.41. The Labute approximate surface area is 570 Å². The number of hydrogen-bond acceptors (Lipinski definition) is 25. The highest BCUT2D eigenvalue weighted by Crippen LogP contribution is 2.41. The summed E-state index contributed by atoms with van der Waals surface area (Å²) in [5.74, 6) is -4.48. The van der Waals surface area contributed by atoms with Crippen LogP contribution in [0.5, 0.6) is 0 Å². The van der Waals surface area contributed by atoms with E-state index >= 15 is 0 Å². The van der Waals surface area contributed by atoms with Crippen molar-refractivity contribution >= 4 is 111 Å². The molecule has 6 aromatic rings. The maximum Gasteiger partial charge on any atom is 0.296 e. The van der Waals surface area contributed by atoms with Crippen molar-refractivity contribution in [1.82, 2.24) is 30.2 Å². The van der Waals surface area contributed by atoms with Crippen molar-refractivity contribution in [2.24, 2.45) is 27.9 Å². The highest BCUT2D eigenvalue weighted by Gasteiger charge is 2.42. The maximum absolute atomic E-state index is 13.9. The molecule has 0 saturated carbocycles. The van der Waals surface area contributed by atoms with E-state index in [0.717, 1.165) is 24.3 Å². The van der Waals surface area contributed by atoms with Crippen LogP contribution in [0.3, 0.4) is 0 Å². The monoisotopic (exact) mass is 1420 g/mol. The van der Waals surface area contributed by atoms with E-state index in [9.17, 15) is 77.3 Å². The molecular weight excluding hydrogens is 1330 g/mol. The summed E-state index contributed by atoms with van der Waals surface area (Å²) in [7, 11) is -14.9. The molecule has 532 valence electrons. The number of unbranched alkanes of at least 4 members (excludes halogenated alkanes) is 1. The van der Waals surface area contributed by atoms with Gasteiger partial charge in [-0.15, -0.1) is 0 Å². The second kappa shape index (κ2) is 31.7. The first kappa shape index (κ1) is 76.4. The van der Waals surface area contributed by atoms with Gasteiger partial charge in [0.1, 0.15) is 40.5 Å². The second-order valence-corrected chi connectivity index (χ2v) is 29.8.